The van der Waals surface area contributed by atoms with Crippen LogP contribution in [0.1, 0.15) is 13.8 Å². The predicted molar refractivity (Wildman–Crippen MR) is 108 cm³/mol. The Labute approximate surface area is 173 Å². The van der Waals surface area contributed by atoms with Crippen molar-refractivity contribution in [2.45, 2.75) is 24.8 Å². The van der Waals surface area contributed by atoms with Crippen molar-refractivity contribution in [3.05, 3.63) is 64.7 Å². The van der Waals surface area contributed by atoms with E-state index in [1.165, 1.54) is 30.3 Å². The molecule has 0 aliphatic rings. The number of amides is 1. The van der Waals surface area contributed by atoms with Gasteiger partial charge < -0.3 is 10.1 Å². The molecule has 1 atom stereocenters. The van der Waals surface area contributed by atoms with E-state index in [-0.39, 0.29) is 16.3 Å². The van der Waals surface area contributed by atoms with E-state index in [0.29, 0.717) is 0 Å². The van der Waals surface area contributed by atoms with Crippen LogP contribution in [0.15, 0.2) is 59.5 Å². The second-order valence-corrected chi connectivity index (χ2v) is 8.33. The molecule has 0 heterocycles. The monoisotopic (exact) mass is 435 g/mol. The standard InChI is InChI=1S/C19H21N3O7S/c1-13(2)18(21-30(27,28)16-9-4-3-5-10-16)19(24)29-12-17(23)20-14-7-6-8-15(11-14)22(25)26/h3-11,13,18,21H,12H2,1-2H3,(H,20,23)/t18-/m0/s1. The van der Waals surface area contributed by atoms with Gasteiger partial charge in [0.25, 0.3) is 11.6 Å². The number of nitrogens with zero attached hydrogens (tertiary/aromatic N) is 1. The van der Waals surface area contributed by atoms with Gasteiger partial charge in [0.1, 0.15) is 6.04 Å². The Morgan fingerprint density at radius 3 is 2.37 bits per heavy atom. The van der Waals surface area contributed by atoms with Gasteiger partial charge >= 0.3 is 5.97 Å². The van der Waals surface area contributed by atoms with Crippen molar-refractivity contribution in [2.75, 3.05) is 11.9 Å². The molecule has 2 aromatic carbocycles. The highest BCUT2D eigenvalue weighted by molar-refractivity contribution is 7.89. The fourth-order valence-corrected chi connectivity index (χ4v) is 3.77. The first-order valence-electron chi connectivity index (χ1n) is 8.88. The Morgan fingerprint density at radius 1 is 1.10 bits per heavy atom. The minimum absolute atomic E-state index is 0.00753. The molecule has 0 saturated heterocycles. The lowest BCUT2D eigenvalue weighted by molar-refractivity contribution is -0.384. The summed E-state index contributed by atoms with van der Waals surface area (Å²) in [6.45, 7) is 2.57. The summed E-state index contributed by atoms with van der Waals surface area (Å²) >= 11 is 0. The van der Waals surface area contributed by atoms with Crippen molar-refractivity contribution < 1.29 is 27.7 Å². The van der Waals surface area contributed by atoms with E-state index in [4.69, 9.17) is 4.74 Å². The third kappa shape index (κ3) is 6.36. The van der Waals surface area contributed by atoms with Crippen molar-refractivity contribution in [3.63, 3.8) is 0 Å². The largest absolute Gasteiger partial charge is 0.454 e. The summed E-state index contributed by atoms with van der Waals surface area (Å²) in [6, 6.07) is 11.6. The zero-order valence-corrected chi connectivity index (χ0v) is 17.1. The molecule has 2 N–H and O–H groups in total. The summed E-state index contributed by atoms with van der Waals surface area (Å²) in [4.78, 5) is 34.5. The molecule has 2 rings (SSSR count). The number of nitrogens with one attached hydrogen (secondary N) is 2. The summed E-state index contributed by atoms with van der Waals surface area (Å²) < 4.78 is 32.2. The summed E-state index contributed by atoms with van der Waals surface area (Å²) in [6.07, 6.45) is 0. The van der Waals surface area contributed by atoms with Crippen LogP contribution in [0.2, 0.25) is 0 Å². The Kier molecular flexibility index (Phi) is 7.61. The number of nitro groups is 1. The van der Waals surface area contributed by atoms with Gasteiger partial charge in [-0.15, -0.1) is 0 Å². The van der Waals surface area contributed by atoms with Gasteiger partial charge in [-0.3, -0.25) is 19.7 Å². The number of carbonyl (C=O) groups excluding carboxylic acids is 2. The van der Waals surface area contributed by atoms with Gasteiger partial charge in [0.15, 0.2) is 6.61 Å². The Bertz CT molecular complexity index is 1020. The first kappa shape index (κ1) is 23.0. The molecule has 11 heteroatoms. The maximum absolute atomic E-state index is 12.5. The van der Waals surface area contributed by atoms with Crippen LogP contribution in [0.3, 0.4) is 0 Å². The van der Waals surface area contributed by atoms with Crippen LogP contribution in [-0.4, -0.2) is 37.9 Å². The predicted octanol–water partition coefficient (Wildman–Crippen LogP) is 2.08. The van der Waals surface area contributed by atoms with Gasteiger partial charge in [0.05, 0.1) is 9.82 Å². The van der Waals surface area contributed by atoms with Crippen molar-refractivity contribution in [2.24, 2.45) is 5.92 Å². The average molecular weight is 435 g/mol. The molecule has 10 nitrogen and oxygen atoms in total. The summed E-state index contributed by atoms with van der Waals surface area (Å²) in [5.41, 5.74) is -0.0459. The van der Waals surface area contributed by atoms with Crippen LogP contribution < -0.4 is 10.0 Å². The summed E-state index contributed by atoms with van der Waals surface area (Å²) in [5, 5.41) is 13.2. The number of hydrogen-bond acceptors (Lipinski definition) is 7. The molecule has 2 aromatic rings. The molecular formula is C19H21N3O7S. The Hall–Kier alpha value is -3.31. The minimum atomic E-state index is -3.96. The fraction of sp³-hybridized carbons (Fsp3) is 0.263. The molecule has 0 radical (unpaired) electrons. The van der Waals surface area contributed by atoms with E-state index in [1.807, 2.05) is 0 Å². The van der Waals surface area contributed by atoms with Crippen molar-refractivity contribution >= 4 is 33.3 Å². The molecule has 0 fully saturated rings. The van der Waals surface area contributed by atoms with E-state index >= 15 is 0 Å². The van der Waals surface area contributed by atoms with Crippen LogP contribution in [0.25, 0.3) is 0 Å². The fourth-order valence-electron chi connectivity index (χ4n) is 2.41. The molecule has 0 spiro atoms. The Morgan fingerprint density at radius 2 is 1.77 bits per heavy atom. The van der Waals surface area contributed by atoms with Crippen molar-refractivity contribution in [3.8, 4) is 0 Å². The highest BCUT2D eigenvalue weighted by atomic mass is 32.2. The van der Waals surface area contributed by atoms with E-state index in [1.54, 1.807) is 32.0 Å². The Balaban J connectivity index is 1.99. The van der Waals surface area contributed by atoms with Crippen LogP contribution in [0.5, 0.6) is 0 Å². The highest BCUT2D eigenvalue weighted by Gasteiger charge is 2.30. The number of anilines is 1. The number of rotatable bonds is 9. The van der Waals surface area contributed by atoms with E-state index in [2.05, 4.69) is 10.0 Å². The second-order valence-electron chi connectivity index (χ2n) is 6.62. The van der Waals surface area contributed by atoms with Gasteiger partial charge in [-0.2, -0.15) is 4.72 Å². The average Bonchev–Trinajstić information content (AvgIpc) is 2.71. The molecule has 0 aliphatic carbocycles. The number of carbonyl (C=O) groups is 2. The second kappa shape index (κ2) is 9.94. The van der Waals surface area contributed by atoms with Crippen molar-refractivity contribution in [1.29, 1.82) is 0 Å². The number of benzene rings is 2. The summed E-state index contributed by atoms with van der Waals surface area (Å²) in [7, 11) is -3.96. The smallest absolute Gasteiger partial charge is 0.324 e. The number of non-ortho nitro benzene ring substituents is 1. The molecule has 1 amide bonds. The summed E-state index contributed by atoms with van der Waals surface area (Å²) in [5.74, 6) is -2.09. The molecule has 0 aliphatic heterocycles. The SMILES string of the molecule is CC(C)[C@H](NS(=O)(=O)c1ccccc1)C(=O)OCC(=O)Nc1cccc([N+](=O)[O-])c1. The third-order valence-corrected chi connectivity index (χ3v) is 5.40. The first-order valence-corrected chi connectivity index (χ1v) is 10.4. The van der Waals surface area contributed by atoms with E-state index < -0.39 is 45.4 Å². The maximum atomic E-state index is 12.5. The molecule has 0 bridgehead atoms. The van der Waals surface area contributed by atoms with Crippen LogP contribution in [0.4, 0.5) is 11.4 Å². The van der Waals surface area contributed by atoms with Gasteiger partial charge in [0, 0.05) is 17.8 Å². The quantitative estimate of drug-likeness (QED) is 0.348. The molecule has 0 unspecified atom stereocenters. The number of hydrogen-bond donors (Lipinski definition) is 2. The number of ether oxygens (including phenoxy) is 1. The number of sulfonamides is 1. The molecular weight excluding hydrogens is 414 g/mol. The highest BCUT2D eigenvalue weighted by Crippen LogP contribution is 2.17. The van der Waals surface area contributed by atoms with Gasteiger partial charge in [-0.25, -0.2) is 8.42 Å². The molecule has 30 heavy (non-hydrogen) atoms. The molecule has 0 aromatic heterocycles. The van der Waals surface area contributed by atoms with Gasteiger partial charge in [-0.05, 0) is 24.1 Å². The normalized spacial score (nSPS) is 12.2. The minimum Gasteiger partial charge on any atom is -0.454 e. The number of esters is 1. The maximum Gasteiger partial charge on any atom is 0.324 e. The lowest BCUT2D eigenvalue weighted by Crippen LogP contribution is -2.45. The molecule has 160 valence electrons. The lowest BCUT2D eigenvalue weighted by atomic mass is 10.1. The third-order valence-electron chi connectivity index (χ3n) is 3.94. The van der Waals surface area contributed by atoms with Gasteiger partial charge in [-0.1, -0.05) is 38.1 Å². The molecule has 0 saturated carbocycles. The van der Waals surface area contributed by atoms with Gasteiger partial charge in [0.2, 0.25) is 10.0 Å². The van der Waals surface area contributed by atoms with Crippen molar-refractivity contribution in [1.82, 2.24) is 4.72 Å². The van der Waals surface area contributed by atoms with Crippen LogP contribution in [0, 0.1) is 16.0 Å². The zero-order valence-electron chi connectivity index (χ0n) is 16.3. The lowest BCUT2D eigenvalue weighted by Gasteiger charge is -2.20. The zero-order chi connectivity index (χ0) is 22.3. The topological polar surface area (TPSA) is 145 Å². The van der Waals surface area contributed by atoms with Crippen LogP contribution in [-0.2, 0) is 24.3 Å². The van der Waals surface area contributed by atoms with E-state index in [9.17, 15) is 28.1 Å². The number of nitro benzene ring substituents is 1. The first-order chi connectivity index (χ1) is 14.1. The van der Waals surface area contributed by atoms with Crippen LogP contribution >= 0.6 is 0 Å². The van der Waals surface area contributed by atoms with E-state index in [0.717, 1.165) is 6.07 Å².